The number of aromatic hydroxyl groups is 1. The molecule has 0 spiro atoms. The van der Waals surface area contributed by atoms with E-state index in [9.17, 15) is 14.7 Å². The molecule has 0 aliphatic heterocycles. The molecule has 0 fully saturated rings. The molecule has 0 heterocycles. The number of carboxylic acids is 1. The second kappa shape index (κ2) is 4.27. The lowest BCUT2D eigenvalue weighted by atomic mass is 10.2. The Bertz CT molecular complexity index is 362. The first-order chi connectivity index (χ1) is 6.61. The Hall–Kier alpha value is -2.04. The molecule has 0 saturated heterocycles. The van der Waals surface area contributed by atoms with Crippen LogP contribution in [0.1, 0.15) is 5.56 Å². The van der Waals surface area contributed by atoms with Crippen LogP contribution in [0, 0.1) is 0 Å². The van der Waals surface area contributed by atoms with Crippen molar-refractivity contribution in [2.75, 3.05) is 0 Å². The molecule has 0 aromatic heterocycles. The molecular weight excluding hydrogens is 186 g/mol. The van der Waals surface area contributed by atoms with Crippen molar-refractivity contribution < 1.29 is 19.8 Å². The molecular formula is C9H9NO4. The number of carbonyl (C=O) groups excluding carboxylic acids is 1. The predicted molar refractivity (Wildman–Crippen MR) is 47.6 cm³/mol. The van der Waals surface area contributed by atoms with Gasteiger partial charge in [0.15, 0.2) is 0 Å². The highest BCUT2D eigenvalue weighted by molar-refractivity contribution is 6.31. The van der Waals surface area contributed by atoms with Gasteiger partial charge in [-0.1, -0.05) is 18.2 Å². The van der Waals surface area contributed by atoms with Gasteiger partial charge in [0.2, 0.25) is 0 Å². The number of carbonyl (C=O) groups is 2. The highest BCUT2D eigenvalue weighted by atomic mass is 16.4. The summed E-state index contributed by atoms with van der Waals surface area (Å²) in [7, 11) is 0. The third-order valence-corrected chi connectivity index (χ3v) is 1.63. The van der Waals surface area contributed by atoms with E-state index in [1.807, 2.05) is 0 Å². The van der Waals surface area contributed by atoms with E-state index in [1.54, 1.807) is 18.2 Å². The number of phenolic OH excluding ortho intramolecular Hbond substituents is 1. The first kappa shape index (κ1) is 10.0. The van der Waals surface area contributed by atoms with E-state index in [-0.39, 0.29) is 12.3 Å². The zero-order valence-corrected chi connectivity index (χ0v) is 7.23. The van der Waals surface area contributed by atoms with Crippen LogP contribution in [0.3, 0.4) is 0 Å². The Labute approximate surface area is 80.0 Å². The van der Waals surface area contributed by atoms with Gasteiger partial charge in [0.05, 0.1) is 0 Å². The first-order valence-electron chi connectivity index (χ1n) is 3.89. The van der Waals surface area contributed by atoms with E-state index < -0.39 is 11.9 Å². The molecule has 0 saturated carbocycles. The topological polar surface area (TPSA) is 86.6 Å². The number of amides is 1. The minimum Gasteiger partial charge on any atom is -0.508 e. The molecule has 0 radical (unpaired) electrons. The van der Waals surface area contributed by atoms with Crippen LogP contribution < -0.4 is 5.32 Å². The zero-order chi connectivity index (χ0) is 10.6. The van der Waals surface area contributed by atoms with E-state index in [0.29, 0.717) is 5.56 Å². The summed E-state index contributed by atoms with van der Waals surface area (Å²) in [6, 6.07) is 6.37. The number of para-hydroxylation sites is 1. The molecule has 1 aromatic rings. The summed E-state index contributed by atoms with van der Waals surface area (Å²) in [6.07, 6.45) is 0. The molecule has 0 unspecified atom stereocenters. The van der Waals surface area contributed by atoms with Gasteiger partial charge in [-0.05, 0) is 6.07 Å². The second-order valence-corrected chi connectivity index (χ2v) is 2.62. The van der Waals surface area contributed by atoms with Gasteiger partial charge < -0.3 is 15.5 Å². The van der Waals surface area contributed by atoms with Crippen molar-refractivity contribution in [3.05, 3.63) is 29.8 Å². The van der Waals surface area contributed by atoms with Crippen molar-refractivity contribution in [1.82, 2.24) is 5.32 Å². The van der Waals surface area contributed by atoms with E-state index >= 15 is 0 Å². The molecule has 1 rings (SSSR count). The van der Waals surface area contributed by atoms with Crippen molar-refractivity contribution in [2.24, 2.45) is 0 Å². The summed E-state index contributed by atoms with van der Waals surface area (Å²) in [5, 5.41) is 19.7. The Morgan fingerprint density at radius 3 is 2.50 bits per heavy atom. The summed E-state index contributed by atoms with van der Waals surface area (Å²) in [5.41, 5.74) is 0.474. The maximum Gasteiger partial charge on any atom is 0.394 e. The first-order valence-corrected chi connectivity index (χ1v) is 3.89. The van der Waals surface area contributed by atoms with Gasteiger partial charge in [0.1, 0.15) is 5.75 Å². The van der Waals surface area contributed by atoms with Gasteiger partial charge in [-0.2, -0.15) is 0 Å². The third-order valence-electron chi connectivity index (χ3n) is 1.63. The fourth-order valence-corrected chi connectivity index (χ4v) is 0.911. The normalized spacial score (nSPS) is 9.43. The van der Waals surface area contributed by atoms with Crippen molar-refractivity contribution in [1.29, 1.82) is 0 Å². The van der Waals surface area contributed by atoms with Gasteiger partial charge in [-0.3, -0.25) is 4.79 Å². The number of hydrogen-bond acceptors (Lipinski definition) is 3. The van der Waals surface area contributed by atoms with E-state index in [4.69, 9.17) is 5.11 Å². The third kappa shape index (κ3) is 2.48. The van der Waals surface area contributed by atoms with Crippen molar-refractivity contribution in [3.8, 4) is 5.75 Å². The molecule has 5 nitrogen and oxygen atoms in total. The molecule has 0 aliphatic rings. The average molecular weight is 195 g/mol. The number of carboxylic acid groups (broad SMARTS) is 1. The van der Waals surface area contributed by atoms with E-state index in [2.05, 4.69) is 5.32 Å². The van der Waals surface area contributed by atoms with Crippen LogP contribution in [0.15, 0.2) is 24.3 Å². The van der Waals surface area contributed by atoms with Crippen LogP contribution in [0.2, 0.25) is 0 Å². The van der Waals surface area contributed by atoms with Crippen LogP contribution in [-0.2, 0) is 16.1 Å². The van der Waals surface area contributed by atoms with Crippen LogP contribution in [0.5, 0.6) is 5.75 Å². The standard InChI is InChI=1S/C9H9NO4/c11-7-4-2-1-3-6(7)5-10-8(12)9(13)14/h1-4,11H,5H2,(H,10,12)(H,13,14). The summed E-state index contributed by atoms with van der Waals surface area (Å²) in [6.45, 7) is -0.00218. The lowest BCUT2D eigenvalue weighted by molar-refractivity contribution is -0.150. The lowest BCUT2D eigenvalue weighted by Crippen LogP contribution is -2.30. The quantitative estimate of drug-likeness (QED) is 0.584. The van der Waals surface area contributed by atoms with Crippen molar-refractivity contribution in [2.45, 2.75) is 6.54 Å². The minimum atomic E-state index is -1.54. The zero-order valence-electron chi connectivity index (χ0n) is 7.23. The Morgan fingerprint density at radius 1 is 1.29 bits per heavy atom. The molecule has 0 atom stereocenters. The minimum absolute atomic E-state index is 0.00218. The second-order valence-electron chi connectivity index (χ2n) is 2.62. The average Bonchev–Trinajstić information content (AvgIpc) is 2.16. The van der Waals surface area contributed by atoms with Crippen LogP contribution in [0.4, 0.5) is 0 Å². The van der Waals surface area contributed by atoms with E-state index in [0.717, 1.165) is 0 Å². The summed E-state index contributed by atoms with van der Waals surface area (Å²) in [4.78, 5) is 20.8. The van der Waals surface area contributed by atoms with Crippen molar-refractivity contribution >= 4 is 11.9 Å². The fraction of sp³-hybridized carbons (Fsp3) is 0.111. The molecule has 0 aliphatic carbocycles. The molecule has 14 heavy (non-hydrogen) atoms. The molecule has 1 amide bonds. The molecule has 1 aromatic carbocycles. The van der Waals surface area contributed by atoms with Crippen molar-refractivity contribution in [3.63, 3.8) is 0 Å². The highest BCUT2D eigenvalue weighted by Crippen LogP contribution is 2.14. The Balaban J connectivity index is 2.58. The Morgan fingerprint density at radius 2 is 1.93 bits per heavy atom. The van der Waals surface area contributed by atoms with Crippen LogP contribution >= 0.6 is 0 Å². The molecule has 0 bridgehead atoms. The highest BCUT2D eigenvalue weighted by Gasteiger charge is 2.10. The monoisotopic (exact) mass is 195 g/mol. The maximum atomic E-state index is 10.6. The number of phenols is 1. The van der Waals surface area contributed by atoms with Crippen LogP contribution in [-0.4, -0.2) is 22.1 Å². The van der Waals surface area contributed by atoms with Gasteiger partial charge in [-0.15, -0.1) is 0 Å². The predicted octanol–water partition coefficient (Wildman–Crippen LogP) is 0.0930. The van der Waals surface area contributed by atoms with Gasteiger partial charge in [0.25, 0.3) is 0 Å². The fourth-order valence-electron chi connectivity index (χ4n) is 0.911. The van der Waals surface area contributed by atoms with E-state index in [1.165, 1.54) is 6.07 Å². The van der Waals surface area contributed by atoms with Gasteiger partial charge in [0, 0.05) is 12.1 Å². The number of rotatable bonds is 2. The van der Waals surface area contributed by atoms with Gasteiger partial charge in [-0.25, -0.2) is 4.79 Å². The molecule has 74 valence electrons. The molecule has 3 N–H and O–H groups in total. The number of aliphatic carboxylic acids is 1. The number of benzene rings is 1. The lowest BCUT2D eigenvalue weighted by Gasteiger charge is -2.03. The smallest absolute Gasteiger partial charge is 0.394 e. The maximum absolute atomic E-state index is 10.6. The molecule has 5 heteroatoms. The largest absolute Gasteiger partial charge is 0.508 e. The summed E-state index contributed by atoms with van der Waals surface area (Å²) >= 11 is 0. The number of hydrogen-bond donors (Lipinski definition) is 3. The van der Waals surface area contributed by atoms with Crippen LogP contribution in [0.25, 0.3) is 0 Å². The SMILES string of the molecule is O=C(O)C(=O)NCc1ccccc1O. The van der Waals surface area contributed by atoms with Gasteiger partial charge >= 0.3 is 11.9 Å². The summed E-state index contributed by atoms with van der Waals surface area (Å²) in [5.74, 6) is -2.60. The number of nitrogens with one attached hydrogen (secondary N) is 1. The Kier molecular flexibility index (Phi) is 3.06. The summed E-state index contributed by atoms with van der Waals surface area (Å²) < 4.78 is 0.